The lowest BCUT2D eigenvalue weighted by atomic mass is 10.00. The molecule has 4 heteroatoms. The Labute approximate surface area is 340 Å². The molecule has 0 atom stereocenters. The lowest BCUT2D eigenvalue weighted by Crippen LogP contribution is -2.06. The minimum Gasteiger partial charge on any atom is -0.455 e. The minimum atomic E-state index is 0.717. The van der Waals surface area contributed by atoms with Crippen LogP contribution < -0.4 is 0 Å². The van der Waals surface area contributed by atoms with Gasteiger partial charge in [0, 0.05) is 69.7 Å². The lowest BCUT2D eigenvalue weighted by Gasteiger charge is -2.10. The van der Waals surface area contributed by atoms with Crippen LogP contribution in [0.4, 0.5) is 5.69 Å². The molecule has 0 aliphatic rings. The van der Waals surface area contributed by atoms with Crippen molar-refractivity contribution in [3.8, 4) is 16.8 Å². The van der Waals surface area contributed by atoms with Crippen LogP contribution in [0.1, 0.15) is 31.6 Å². The fourth-order valence-electron chi connectivity index (χ4n) is 8.06. The van der Waals surface area contributed by atoms with Crippen molar-refractivity contribution in [2.75, 3.05) is 0 Å². The number of benzene rings is 5. The highest BCUT2D eigenvalue weighted by atomic mass is 16.3. The third-order valence-electron chi connectivity index (χ3n) is 10.7. The fourth-order valence-corrected chi connectivity index (χ4v) is 8.06. The predicted octanol–water partition coefficient (Wildman–Crippen LogP) is 15.1. The van der Waals surface area contributed by atoms with E-state index < -0.39 is 0 Å². The molecule has 4 nitrogen and oxygen atoms in total. The number of aromatic nitrogens is 2. The molecule has 3 aromatic heterocycles. The molecule has 0 unspecified atom stereocenters. The monoisotopic (exact) mass is 752 g/mol. The maximum absolute atomic E-state index is 6.62. The third kappa shape index (κ3) is 6.55. The smallest absolute Gasteiger partial charge is 0.211 e. The van der Waals surface area contributed by atoms with Gasteiger partial charge in [0.15, 0.2) is 11.9 Å². The summed E-state index contributed by atoms with van der Waals surface area (Å²) in [4.78, 5) is 0. The molecular formula is C54H46N3O+. The van der Waals surface area contributed by atoms with Crippen LogP contribution in [0, 0.1) is 0 Å². The molecular weight excluding hydrogens is 707 g/mol. The van der Waals surface area contributed by atoms with E-state index >= 15 is 0 Å². The maximum atomic E-state index is 6.62. The van der Waals surface area contributed by atoms with E-state index in [2.05, 4.69) is 169 Å². The molecule has 8 aromatic rings. The molecule has 0 radical (unpaired) electrons. The highest BCUT2D eigenvalue weighted by molar-refractivity contribution is 6.21. The van der Waals surface area contributed by atoms with Crippen molar-refractivity contribution in [2.45, 2.75) is 20.3 Å². The van der Waals surface area contributed by atoms with Gasteiger partial charge in [-0.2, -0.15) is 4.58 Å². The average Bonchev–Trinajstić information content (AvgIpc) is 3.91. The van der Waals surface area contributed by atoms with Gasteiger partial charge >= 0.3 is 0 Å². The first-order chi connectivity index (χ1) is 28.5. The Morgan fingerprint density at radius 2 is 1.38 bits per heavy atom. The zero-order chi connectivity index (χ0) is 40.2. The van der Waals surface area contributed by atoms with Crippen molar-refractivity contribution in [3.05, 3.63) is 201 Å². The molecule has 0 amide bonds. The van der Waals surface area contributed by atoms with Gasteiger partial charge in [0.2, 0.25) is 5.69 Å². The van der Waals surface area contributed by atoms with Gasteiger partial charge in [0.25, 0.3) is 0 Å². The SMILES string of the molecule is C=C/C=C\C=C/n1c2ccccc2c2cc(-c3ccc4c(c3)c3c5oc(C=C)c(C=C)c5ccc3n4-c3ccc([N+](=C\C=C/C=C\C)/C(=C/C=C)CC)cc3)ccc21. The highest BCUT2D eigenvalue weighted by Crippen LogP contribution is 2.42. The zero-order valence-corrected chi connectivity index (χ0v) is 33.1. The number of allylic oxidation sites excluding steroid dienone is 11. The summed E-state index contributed by atoms with van der Waals surface area (Å²) in [5.74, 6) is 0.717. The summed E-state index contributed by atoms with van der Waals surface area (Å²) in [6.45, 7) is 20.1. The molecule has 0 aliphatic heterocycles. The second kappa shape index (κ2) is 16.4. The van der Waals surface area contributed by atoms with Crippen molar-refractivity contribution < 1.29 is 8.99 Å². The normalized spacial score (nSPS) is 12.9. The quantitative estimate of drug-likeness (QED) is 0.0654. The number of para-hydroxylation sites is 1. The zero-order valence-electron chi connectivity index (χ0n) is 33.1. The molecule has 0 aliphatic carbocycles. The van der Waals surface area contributed by atoms with E-state index in [9.17, 15) is 0 Å². The van der Waals surface area contributed by atoms with Gasteiger partial charge in [0.1, 0.15) is 11.3 Å². The van der Waals surface area contributed by atoms with Crippen molar-refractivity contribution in [2.24, 2.45) is 0 Å². The van der Waals surface area contributed by atoms with Gasteiger partial charge in [-0.25, -0.2) is 0 Å². The molecule has 0 N–H and O–H groups in total. The van der Waals surface area contributed by atoms with Gasteiger partial charge in [-0.05, 0) is 84.8 Å². The Balaban J connectivity index is 1.33. The number of hydrogen-bond acceptors (Lipinski definition) is 1. The third-order valence-corrected chi connectivity index (χ3v) is 10.7. The first kappa shape index (κ1) is 37.5. The van der Waals surface area contributed by atoms with Gasteiger partial charge in [0.05, 0.1) is 27.5 Å². The van der Waals surface area contributed by atoms with E-state index in [1.54, 1.807) is 12.2 Å². The number of furan rings is 1. The summed E-state index contributed by atoms with van der Waals surface area (Å²) in [7, 11) is 0. The topological polar surface area (TPSA) is 26.0 Å². The van der Waals surface area contributed by atoms with Crippen LogP contribution in [0.15, 0.2) is 194 Å². The standard InChI is InChI=1S/C54H46N3O/c1-7-13-15-19-34-55(40(10-4)21-9-3)41-26-28-42(29-27-41)57-50-32-25-39(37-47(50)53-51(57)33-30-45-43(11-5)52(12-6)58-54(45)53)38-24-31-49-46(36-38)44-22-17-18-23-48(44)56(49)35-20-16-14-8-2/h7-9,11-37H,2-3,5-6,10H2,1,4H3/q+1/b13-7-,16-14-,19-15-,35-20-,40-21+,55-34-. The van der Waals surface area contributed by atoms with Crippen LogP contribution in [0.3, 0.4) is 0 Å². The average molecular weight is 753 g/mol. The molecule has 0 fully saturated rings. The van der Waals surface area contributed by atoms with Gasteiger partial charge in [-0.1, -0.05) is 112 Å². The number of nitrogens with zero attached hydrogens (tertiary/aromatic N) is 3. The number of hydrogen-bond donors (Lipinski definition) is 0. The Kier molecular flexibility index (Phi) is 10.6. The van der Waals surface area contributed by atoms with Crippen molar-refractivity contribution in [1.82, 2.24) is 9.13 Å². The second-order valence-corrected chi connectivity index (χ2v) is 14.0. The van der Waals surface area contributed by atoms with Crippen LogP contribution in [-0.2, 0) is 0 Å². The maximum Gasteiger partial charge on any atom is 0.211 e. The Bertz CT molecular complexity index is 3110. The first-order valence-corrected chi connectivity index (χ1v) is 19.7. The Hall–Kier alpha value is -7.43. The summed E-state index contributed by atoms with van der Waals surface area (Å²) < 4.78 is 13.4. The van der Waals surface area contributed by atoms with Crippen molar-refractivity contribution in [3.63, 3.8) is 0 Å². The van der Waals surface area contributed by atoms with Crippen molar-refractivity contribution >= 4 is 84.8 Å². The van der Waals surface area contributed by atoms with E-state index in [4.69, 9.17) is 4.42 Å². The molecule has 58 heavy (non-hydrogen) atoms. The molecule has 282 valence electrons. The Morgan fingerprint density at radius 1 is 0.655 bits per heavy atom. The first-order valence-electron chi connectivity index (χ1n) is 19.7. The minimum absolute atomic E-state index is 0.717. The summed E-state index contributed by atoms with van der Waals surface area (Å²) >= 11 is 0. The van der Waals surface area contributed by atoms with E-state index in [1.165, 1.54) is 10.8 Å². The van der Waals surface area contributed by atoms with Gasteiger partial charge in [-0.15, -0.1) is 0 Å². The van der Waals surface area contributed by atoms with E-state index in [1.807, 2.05) is 55.5 Å². The number of rotatable bonds is 13. The van der Waals surface area contributed by atoms with Crippen molar-refractivity contribution in [1.29, 1.82) is 0 Å². The highest BCUT2D eigenvalue weighted by Gasteiger charge is 2.22. The molecule has 0 saturated carbocycles. The van der Waals surface area contributed by atoms with E-state index in [-0.39, 0.29) is 0 Å². The lowest BCUT2D eigenvalue weighted by molar-refractivity contribution is -0.380. The molecule has 8 rings (SSSR count). The summed E-state index contributed by atoms with van der Waals surface area (Å²) in [5.41, 5.74) is 11.8. The number of fused-ring (bicyclic) bond motifs is 8. The van der Waals surface area contributed by atoms with E-state index in [0.29, 0.717) is 5.76 Å². The molecule has 3 heterocycles. The van der Waals surface area contributed by atoms with E-state index in [0.717, 1.165) is 84.0 Å². The van der Waals surface area contributed by atoms with Crippen LogP contribution in [0.5, 0.6) is 0 Å². The van der Waals surface area contributed by atoms with Crippen LogP contribution >= 0.6 is 0 Å². The molecule has 0 bridgehead atoms. The molecule has 5 aromatic carbocycles. The second-order valence-electron chi connectivity index (χ2n) is 14.0. The van der Waals surface area contributed by atoms with Crippen LogP contribution in [0.2, 0.25) is 0 Å². The Morgan fingerprint density at radius 3 is 2.10 bits per heavy atom. The van der Waals surface area contributed by atoms with Crippen LogP contribution in [0.25, 0.3) is 89.7 Å². The molecule has 0 spiro atoms. The fraction of sp³-hybridized carbons (Fsp3) is 0.0556. The van der Waals surface area contributed by atoms with Crippen LogP contribution in [-0.4, -0.2) is 19.9 Å². The largest absolute Gasteiger partial charge is 0.455 e. The van der Waals surface area contributed by atoms with Gasteiger partial charge < -0.3 is 13.6 Å². The summed E-state index contributed by atoms with van der Waals surface area (Å²) in [6, 6.07) is 35.2. The molecule has 0 saturated heterocycles. The summed E-state index contributed by atoms with van der Waals surface area (Å²) in [6.07, 6.45) is 28.5. The summed E-state index contributed by atoms with van der Waals surface area (Å²) in [5, 5.41) is 5.58. The van der Waals surface area contributed by atoms with Gasteiger partial charge in [-0.3, -0.25) is 0 Å². The predicted molar refractivity (Wildman–Crippen MR) is 252 cm³/mol.